The molecule has 0 radical (unpaired) electrons. The van der Waals surface area contributed by atoms with E-state index in [9.17, 15) is 8.42 Å². The first kappa shape index (κ1) is 26.2. The number of hydrogen-bond donors (Lipinski definition) is 2. The van der Waals surface area contributed by atoms with Crippen molar-refractivity contribution in [2.24, 2.45) is 9.50 Å². The zero-order chi connectivity index (χ0) is 25.5. The van der Waals surface area contributed by atoms with Crippen molar-refractivity contribution >= 4 is 44.9 Å². The second-order valence-electron chi connectivity index (χ2n) is 8.16. The molecule has 36 heavy (non-hydrogen) atoms. The highest BCUT2D eigenvalue weighted by atomic mass is 35.5. The SMILES string of the molecule is CCNCCN/C(=N/S(=O)(=O)c1ccc(Cl)cc1)N1CC(c2ccccc2)C(c2ccc(Cl)cc2)=N1. The minimum absolute atomic E-state index is 0.0543. The van der Waals surface area contributed by atoms with Crippen LogP contribution in [0.15, 0.2) is 93.3 Å². The van der Waals surface area contributed by atoms with Crippen LogP contribution in [0.3, 0.4) is 0 Å². The van der Waals surface area contributed by atoms with Crippen LogP contribution in [-0.2, 0) is 10.0 Å². The van der Waals surface area contributed by atoms with Gasteiger partial charge in [-0.2, -0.15) is 13.5 Å². The van der Waals surface area contributed by atoms with Gasteiger partial charge in [0, 0.05) is 29.1 Å². The summed E-state index contributed by atoms with van der Waals surface area (Å²) in [5, 5.41) is 13.9. The Morgan fingerprint density at radius 2 is 1.61 bits per heavy atom. The van der Waals surface area contributed by atoms with Crippen LogP contribution in [0.2, 0.25) is 10.0 Å². The van der Waals surface area contributed by atoms with E-state index in [-0.39, 0.29) is 16.8 Å². The Kier molecular flexibility index (Phi) is 8.64. The van der Waals surface area contributed by atoms with Gasteiger partial charge in [0.2, 0.25) is 5.96 Å². The standard InChI is InChI=1S/C26H27Cl2N5O2S/c1-2-29-16-17-30-26(32-36(34,35)23-14-12-22(28)13-15-23)33-18-24(19-6-4-3-5-7-19)25(31-33)20-8-10-21(27)11-9-20/h3-15,24,29H,2,16-18H2,1H3,(H,30,32). The van der Waals surface area contributed by atoms with Gasteiger partial charge in [-0.1, -0.05) is 72.6 Å². The molecule has 0 bridgehead atoms. The molecule has 3 aromatic rings. The number of likely N-dealkylation sites (N-methyl/N-ethyl adjacent to an activating group) is 1. The average molecular weight is 545 g/mol. The molecule has 0 saturated carbocycles. The molecule has 1 atom stereocenters. The Balaban J connectivity index is 1.73. The molecule has 1 unspecified atom stereocenters. The fraction of sp³-hybridized carbons (Fsp3) is 0.231. The van der Waals surface area contributed by atoms with E-state index in [2.05, 4.69) is 15.0 Å². The third kappa shape index (κ3) is 6.44. The fourth-order valence-corrected chi connectivity index (χ4v) is 5.07. The van der Waals surface area contributed by atoms with Crippen molar-refractivity contribution in [1.82, 2.24) is 15.6 Å². The van der Waals surface area contributed by atoms with E-state index < -0.39 is 10.0 Å². The predicted octanol–water partition coefficient (Wildman–Crippen LogP) is 4.74. The first-order valence-electron chi connectivity index (χ1n) is 11.6. The zero-order valence-electron chi connectivity index (χ0n) is 19.7. The molecular formula is C26H27Cl2N5O2S. The molecular weight excluding hydrogens is 517 g/mol. The fourth-order valence-electron chi connectivity index (χ4n) is 3.85. The predicted molar refractivity (Wildman–Crippen MR) is 146 cm³/mol. The Morgan fingerprint density at radius 1 is 0.972 bits per heavy atom. The highest BCUT2D eigenvalue weighted by Crippen LogP contribution is 2.30. The number of benzene rings is 3. The normalized spacial score (nSPS) is 16.2. The summed E-state index contributed by atoms with van der Waals surface area (Å²) in [5.41, 5.74) is 2.78. The molecule has 1 aliphatic rings. The largest absolute Gasteiger partial charge is 0.353 e. The third-order valence-electron chi connectivity index (χ3n) is 5.65. The van der Waals surface area contributed by atoms with Crippen molar-refractivity contribution < 1.29 is 8.42 Å². The van der Waals surface area contributed by atoms with E-state index in [1.165, 1.54) is 24.3 Å². The number of halogens is 2. The molecule has 0 spiro atoms. The molecule has 3 aromatic carbocycles. The van der Waals surface area contributed by atoms with Crippen LogP contribution >= 0.6 is 23.2 Å². The summed E-state index contributed by atoms with van der Waals surface area (Å²) in [5.74, 6) is 0.0686. The molecule has 0 aliphatic carbocycles. The summed E-state index contributed by atoms with van der Waals surface area (Å²) < 4.78 is 30.5. The van der Waals surface area contributed by atoms with Crippen LogP contribution in [-0.4, -0.2) is 51.3 Å². The molecule has 1 heterocycles. The van der Waals surface area contributed by atoms with Crippen molar-refractivity contribution in [3.05, 3.63) is 100 Å². The summed E-state index contributed by atoms with van der Waals surface area (Å²) in [6.45, 7) is 4.34. The number of rotatable bonds is 8. The van der Waals surface area contributed by atoms with Gasteiger partial charge in [0.25, 0.3) is 10.0 Å². The third-order valence-corrected chi connectivity index (χ3v) is 7.44. The summed E-state index contributed by atoms with van der Waals surface area (Å²) in [7, 11) is -4.01. The van der Waals surface area contributed by atoms with E-state index in [1.807, 2.05) is 61.5 Å². The van der Waals surface area contributed by atoms with Gasteiger partial charge in [-0.15, -0.1) is 4.40 Å². The Bertz CT molecular complexity index is 1330. The lowest BCUT2D eigenvalue weighted by Crippen LogP contribution is -2.41. The number of guanidine groups is 1. The van der Waals surface area contributed by atoms with E-state index in [0.29, 0.717) is 29.7 Å². The van der Waals surface area contributed by atoms with Gasteiger partial charge in [-0.05, 0) is 54.1 Å². The second-order valence-corrected chi connectivity index (χ2v) is 10.6. The van der Waals surface area contributed by atoms with Crippen molar-refractivity contribution in [1.29, 1.82) is 0 Å². The highest BCUT2D eigenvalue weighted by molar-refractivity contribution is 7.90. The number of sulfonamides is 1. The van der Waals surface area contributed by atoms with E-state index in [0.717, 1.165) is 23.4 Å². The molecule has 10 heteroatoms. The van der Waals surface area contributed by atoms with E-state index >= 15 is 0 Å². The van der Waals surface area contributed by atoms with E-state index in [1.54, 1.807) is 5.01 Å². The summed E-state index contributed by atoms with van der Waals surface area (Å²) in [6.07, 6.45) is 0. The monoisotopic (exact) mass is 543 g/mol. The number of hydrogen-bond acceptors (Lipinski definition) is 4. The van der Waals surface area contributed by atoms with Gasteiger partial charge in [0.1, 0.15) is 0 Å². The number of nitrogens with one attached hydrogen (secondary N) is 2. The van der Waals surface area contributed by atoms with Crippen LogP contribution in [0.1, 0.15) is 24.0 Å². The van der Waals surface area contributed by atoms with E-state index in [4.69, 9.17) is 28.3 Å². The van der Waals surface area contributed by atoms with Crippen molar-refractivity contribution in [2.75, 3.05) is 26.2 Å². The van der Waals surface area contributed by atoms with Gasteiger partial charge in [-0.3, -0.25) is 0 Å². The Hall–Kier alpha value is -2.91. The summed E-state index contributed by atoms with van der Waals surface area (Å²) >= 11 is 12.1. The van der Waals surface area contributed by atoms with Crippen molar-refractivity contribution in [2.45, 2.75) is 17.7 Å². The lowest BCUT2D eigenvalue weighted by Gasteiger charge is -2.19. The molecule has 0 saturated heterocycles. The summed E-state index contributed by atoms with van der Waals surface area (Å²) in [4.78, 5) is 0.0543. The van der Waals surface area contributed by atoms with Crippen molar-refractivity contribution in [3.8, 4) is 0 Å². The Labute approximate surface area is 221 Å². The lowest BCUT2D eigenvalue weighted by atomic mass is 9.91. The van der Waals surface area contributed by atoms with Gasteiger partial charge in [-0.25, -0.2) is 5.01 Å². The number of hydrazone groups is 1. The highest BCUT2D eigenvalue weighted by Gasteiger charge is 2.32. The minimum Gasteiger partial charge on any atom is -0.353 e. The zero-order valence-corrected chi connectivity index (χ0v) is 22.1. The molecule has 188 valence electrons. The Morgan fingerprint density at radius 3 is 2.25 bits per heavy atom. The second kappa shape index (κ2) is 11.9. The first-order valence-corrected chi connectivity index (χ1v) is 13.8. The van der Waals surface area contributed by atoms with Gasteiger partial charge >= 0.3 is 0 Å². The topological polar surface area (TPSA) is 86.2 Å². The van der Waals surface area contributed by atoms with Gasteiger partial charge < -0.3 is 10.6 Å². The smallest absolute Gasteiger partial charge is 0.285 e. The molecule has 0 fully saturated rings. The van der Waals surface area contributed by atoms with Crippen LogP contribution in [0.25, 0.3) is 0 Å². The maximum atomic E-state index is 13.2. The van der Waals surface area contributed by atoms with Gasteiger partial charge in [0.05, 0.1) is 17.2 Å². The molecule has 2 N–H and O–H groups in total. The molecule has 7 nitrogen and oxygen atoms in total. The van der Waals surface area contributed by atoms with Crippen LogP contribution in [0, 0.1) is 0 Å². The van der Waals surface area contributed by atoms with Crippen molar-refractivity contribution in [3.63, 3.8) is 0 Å². The van der Waals surface area contributed by atoms with Crippen LogP contribution in [0.5, 0.6) is 0 Å². The maximum absolute atomic E-state index is 13.2. The summed E-state index contributed by atoms with van der Waals surface area (Å²) in [6, 6.07) is 23.4. The lowest BCUT2D eigenvalue weighted by molar-refractivity contribution is 0.454. The minimum atomic E-state index is -4.01. The molecule has 4 rings (SSSR count). The molecule has 1 aliphatic heterocycles. The molecule has 0 aromatic heterocycles. The average Bonchev–Trinajstić information content (AvgIpc) is 3.32. The molecule has 0 amide bonds. The van der Waals surface area contributed by atoms with Gasteiger partial charge in [0.15, 0.2) is 0 Å². The quantitative estimate of drug-likeness (QED) is 0.243. The number of nitrogens with zero attached hydrogens (tertiary/aromatic N) is 3. The first-order chi connectivity index (χ1) is 17.4. The van der Waals surface area contributed by atoms with Crippen LogP contribution in [0.4, 0.5) is 0 Å². The van der Waals surface area contributed by atoms with Crippen LogP contribution < -0.4 is 10.6 Å². The maximum Gasteiger partial charge on any atom is 0.285 e.